The van der Waals surface area contributed by atoms with Crippen LogP contribution in [0.5, 0.6) is 0 Å². The van der Waals surface area contributed by atoms with E-state index in [0.29, 0.717) is 24.0 Å². The third-order valence-corrected chi connectivity index (χ3v) is 12.6. The first-order valence-electron chi connectivity index (χ1n) is 13.2. The minimum Gasteiger partial charge on any atom is -0.411 e. The first kappa shape index (κ1) is 27.5. The molecule has 0 amide bonds. The van der Waals surface area contributed by atoms with Gasteiger partial charge in [-0.3, -0.25) is 0 Å². The van der Waals surface area contributed by atoms with Crippen LogP contribution in [-0.4, -0.2) is 31.4 Å². The van der Waals surface area contributed by atoms with E-state index in [1.807, 2.05) is 0 Å². The third-order valence-electron chi connectivity index (χ3n) is 8.12. The van der Waals surface area contributed by atoms with Crippen molar-refractivity contribution in [3.05, 3.63) is 23.8 Å². The lowest BCUT2D eigenvalue weighted by molar-refractivity contribution is -0.117. The van der Waals surface area contributed by atoms with Crippen LogP contribution in [0.1, 0.15) is 98.8 Å². The number of aliphatic hydroxyl groups excluding tert-OH is 1. The van der Waals surface area contributed by atoms with Gasteiger partial charge in [-0.2, -0.15) is 0 Å². The first-order chi connectivity index (χ1) is 14.9. The monoisotopic (exact) mass is 462 g/mol. The Morgan fingerprint density at radius 1 is 1.25 bits per heavy atom. The number of aliphatic hydroxyl groups is 1. The Kier molecular flexibility index (Phi) is 10.4. The Balaban J connectivity index is 1.99. The van der Waals surface area contributed by atoms with Crippen LogP contribution in [0.4, 0.5) is 0 Å². The van der Waals surface area contributed by atoms with Crippen LogP contribution in [-0.2, 0) is 9.22 Å². The number of allylic oxidation sites excluding steroid dienone is 2. The molecule has 0 bridgehead atoms. The molecule has 1 N–H and O–H groups in total. The summed E-state index contributed by atoms with van der Waals surface area (Å²) in [6.07, 6.45) is 17.7. The molecule has 0 aromatic rings. The minimum atomic E-state index is -1.83. The van der Waals surface area contributed by atoms with Gasteiger partial charge in [0, 0.05) is 12.3 Å². The van der Waals surface area contributed by atoms with Crippen molar-refractivity contribution in [2.45, 2.75) is 129 Å². The Morgan fingerprint density at radius 2 is 1.97 bits per heavy atom. The van der Waals surface area contributed by atoms with E-state index in [1.165, 1.54) is 19.3 Å². The Labute approximate surface area is 199 Å². The van der Waals surface area contributed by atoms with Gasteiger partial charge in [0.2, 0.25) is 0 Å². The van der Waals surface area contributed by atoms with Gasteiger partial charge in [-0.15, -0.1) is 0 Å². The Bertz CT molecular complexity index is 658. The molecule has 0 aromatic carbocycles. The molecule has 32 heavy (non-hydrogen) atoms. The summed E-state index contributed by atoms with van der Waals surface area (Å²) in [7, 11) is -1.83. The lowest BCUT2D eigenvalue weighted by Crippen LogP contribution is -2.43. The molecule has 0 heterocycles. The van der Waals surface area contributed by atoms with Gasteiger partial charge in [0.05, 0.1) is 12.2 Å². The topological polar surface area (TPSA) is 46.5 Å². The second-order valence-electron chi connectivity index (χ2n) is 11.9. The molecule has 2 aliphatic carbocycles. The van der Waals surface area contributed by atoms with E-state index in [4.69, 9.17) is 4.43 Å². The van der Waals surface area contributed by atoms with Gasteiger partial charge < -0.3 is 14.3 Å². The fourth-order valence-electron chi connectivity index (χ4n) is 5.11. The lowest BCUT2D eigenvalue weighted by Gasteiger charge is -2.39. The molecule has 2 aliphatic rings. The van der Waals surface area contributed by atoms with Crippen molar-refractivity contribution in [2.24, 2.45) is 17.8 Å². The van der Waals surface area contributed by atoms with Gasteiger partial charge in [-0.05, 0) is 75.4 Å². The van der Waals surface area contributed by atoms with Crippen LogP contribution in [0.3, 0.4) is 0 Å². The number of Topliss-reactive ketones (excluding diaryl/α,β-unsaturated/α-hetero) is 1. The summed E-state index contributed by atoms with van der Waals surface area (Å²) in [5.74, 6) is 1.59. The molecular weight excluding hydrogens is 412 g/mol. The van der Waals surface area contributed by atoms with Crippen LogP contribution >= 0.6 is 0 Å². The van der Waals surface area contributed by atoms with Crippen molar-refractivity contribution in [1.82, 2.24) is 0 Å². The number of fused-ring (bicyclic) bond motifs is 1. The molecule has 0 spiro atoms. The SMILES string of the molecule is CCCCC[C@H](/C=C/[C@H]1[C@@H]2CC(CCCCC(C)=O)=C[C@@H]2C[C@@H]1O)O[Si](C)(C)C(C)(C)C. The highest BCUT2D eigenvalue weighted by molar-refractivity contribution is 6.74. The highest BCUT2D eigenvalue weighted by atomic mass is 28.4. The molecule has 0 radical (unpaired) electrons. The van der Waals surface area contributed by atoms with Crippen molar-refractivity contribution in [1.29, 1.82) is 0 Å². The van der Waals surface area contributed by atoms with E-state index >= 15 is 0 Å². The average Bonchev–Trinajstić information content (AvgIpc) is 3.18. The van der Waals surface area contributed by atoms with Crippen LogP contribution in [0.25, 0.3) is 0 Å². The largest absolute Gasteiger partial charge is 0.411 e. The second-order valence-corrected chi connectivity index (χ2v) is 16.7. The molecule has 1 fully saturated rings. The smallest absolute Gasteiger partial charge is 0.192 e. The maximum absolute atomic E-state index is 11.2. The Hall–Kier alpha value is -0.713. The minimum absolute atomic E-state index is 0.161. The predicted octanol–water partition coefficient (Wildman–Crippen LogP) is 7.61. The quantitative estimate of drug-likeness (QED) is 0.174. The van der Waals surface area contributed by atoms with E-state index < -0.39 is 8.32 Å². The van der Waals surface area contributed by atoms with E-state index in [-0.39, 0.29) is 23.2 Å². The fraction of sp³-hybridized carbons (Fsp3) is 0.821. The summed E-state index contributed by atoms with van der Waals surface area (Å²) >= 11 is 0. The van der Waals surface area contributed by atoms with Crippen LogP contribution in [0, 0.1) is 17.8 Å². The molecule has 4 heteroatoms. The number of ketones is 1. The molecular formula is C28H50O3Si. The van der Waals surface area contributed by atoms with E-state index in [9.17, 15) is 9.90 Å². The van der Waals surface area contributed by atoms with Crippen LogP contribution in [0.2, 0.25) is 18.1 Å². The van der Waals surface area contributed by atoms with Crippen molar-refractivity contribution in [2.75, 3.05) is 0 Å². The molecule has 184 valence electrons. The predicted molar refractivity (Wildman–Crippen MR) is 138 cm³/mol. The highest BCUT2D eigenvalue weighted by Gasteiger charge is 2.43. The lowest BCUT2D eigenvalue weighted by atomic mass is 9.88. The van der Waals surface area contributed by atoms with E-state index in [2.05, 4.69) is 59.0 Å². The summed E-state index contributed by atoms with van der Waals surface area (Å²) in [5, 5.41) is 11.0. The number of rotatable bonds is 13. The van der Waals surface area contributed by atoms with Gasteiger partial charge >= 0.3 is 0 Å². The Morgan fingerprint density at radius 3 is 2.59 bits per heavy atom. The summed E-state index contributed by atoms with van der Waals surface area (Å²) in [6.45, 7) is 15.5. The first-order valence-corrected chi connectivity index (χ1v) is 16.1. The number of carbonyl (C=O) groups is 1. The summed E-state index contributed by atoms with van der Waals surface area (Å²) in [5.41, 5.74) is 1.55. The summed E-state index contributed by atoms with van der Waals surface area (Å²) in [6, 6.07) is 0. The van der Waals surface area contributed by atoms with Gasteiger partial charge in [0.15, 0.2) is 8.32 Å². The molecule has 0 saturated heterocycles. The zero-order valence-corrected chi connectivity index (χ0v) is 23.0. The number of hydrogen-bond donors (Lipinski definition) is 1. The van der Waals surface area contributed by atoms with Crippen molar-refractivity contribution >= 4 is 14.1 Å². The highest BCUT2D eigenvalue weighted by Crippen LogP contribution is 2.48. The molecule has 0 unspecified atom stereocenters. The average molecular weight is 463 g/mol. The van der Waals surface area contributed by atoms with Gasteiger partial charge in [-0.25, -0.2) is 0 Å². The maximum atomic E-state index is 11.2. The summed E-state index contributed by atoms with van der Waals surface area (Å²) in [4.78, 5) is 11.2. The normalized spacial score (nSPS) is 27.1. The van der Waals surface area contributed by atoms with E-state index in [1.54, 1.807) is 12.5 Å². The maximum Gasteiger partial charge on any atom is 0.192 e. The van der Waals surface area contributed by atoms with Crippen LogP contribution in [0.15, 0.2) is 23.8 Å². The zero-order chi connectivity index (χ0) is 23.9. The molecule has 3 nitrogen and oxygen atoms in total. The molecule has 1 saturated carbocycles. The van der Waals surface area contributed by atoms with Crippen molar-refractivity contribution in [3.8, 4) is 0 Å². The van der Waals surface area contributed by atoms with Crippen molar-refractivity contribution < 1.29 is 14.3 Å². The fourth-order valence-corrected chi connectivity index (χ4v) is 6.42. The molecule has 0 aromatic heterocycles. The molecule has 5 atom stereocenters. The molecule has 2 rings (SSSR count). The third kappa shape index (κ3) is 7.95. The number of carbonyl (C=O) groups excluding carboxylic acids is 1. The van der Waals surface area contributed by atoms with E-state index in [0.717, 1.165) is 38.5 Å². The number of unbranched alkanes of at least 4 members (excludes halogenated alkanes) is 3. The summed E-state index contributed by atoms with van der Waals surface area (Å²) < 4.78 is 6.79. The van der Waals surface area contributed by atoms with Gasteiger partial charge in [0.25, 0.3) is 0 Å². The van der Waals surface area contributed by atoms with Gasteiger partial charge in [0.1, 0.15) is 5.78 Å². The number of hydrogen-bond acceptors (Lipinski definition) is 3. The zero-order valence-electron chi connectivity index (χ0n) is 22.0. The van der Waals surface area contributed by atoms with Gasteiger partial charge in [-0.1, -0.05) is 70.8 Å². The standard InChI is InChI=1S/C28H50O3Si/c1-8-9-10-15-24(31-32(6,7)28(3,4)5)16-17-25-26-19-22(14-12-11-13-21(2)29)18-23(26)20-27(25)30/h16-18,23-27,30H,8-15,19-20H2,1-7H3/b17-16+/t23-,24-,25+,26-,27+/m1/s1. The second kappa shape index (κ2) is 12.1. The van der Waals surface area contributed by atoms with Crippen LogP contribution < -0.4 is 0 Å². The van der Waals surface area contributed by atoms with Crippen molar-refractivity contribution in [3.63, 3.8) is 0 Å². The molecule has 0 aliphatic heterocycles.